The summed E-state index contributed by atoms with van der Waals surface area (Å²) in [5.41, 5.74) is -1.56. The van der Waals surface area contributed by atoms with Gasteiger partial charge >= 0.3 is 5.03 Å². The number of hydrogen-bond donors (Lipinski definition) is 1. The summed E-state index contributed by atoms with van der Waals surface area (Å²) >= 11 is 0. The molecule has 110 valence electrons. The molecule has 0 aliphatic carbocycles. The zero-order valence-corrected chi connectivity index (χ0v) is 11.9. The van der Waals surface area contributed by atoms with Crippen molar-refractivity contribution in [2.75, 3.05) is 5.75 Å². The van der Waals surface area contributed by atoms with Crippen molar-refractivity contribution in [3.8, 4) is 0 Å². The molecule has 0 amide bonds. The third-order valence-corrected chi connectivity index (χ3v) is 4.18. The van der Waals surface area contributed by atoms with Gasteiger partial charge in [-0.15, -0.1) is 0 Å². The number of aryl methyl sites for hydroxylation is 1. The molecule has 0 aliphatic heterocycles. The standard InChI is InChI=1S/C11H13NO7S/c1-4-20(17,18)11(12(15)16)8-5-6(2)19-10(7(3)13)9(8)14/h5,13H,4H2,1-3H3/b10-7+,11-8-. The quantitative estimate of drug-likeness (QED) is 0.584. The van der Waals surface area contributed by atoms with Crippen LogP contribution in [0.5, 0.6) is 0 Å². The van der Waals surface area contributed by atoms with Gasteiger partial charge in [-0.1, -0.05) is 6.92 Å². The van der Waals surface area contributed by atoms with Gasteiger partial charge in [0, 0.05) is 0 Å². The first kappa shape index (κ1) is 15.9. The molecule has 1 heterocycles. The Labute approximate surface area is 113 Å². The SMILES string of the molecule is CCS(=O)(=O)/C(=c1/cc(C)o/c(=C(\C)O)c1=O)[N+](=O)[O-]. The van der Waals surface area contributed by atoms with Gasteiger partial charge in [-0.25, -0.2) is 8.42 Å². The fourth-order valence-electron chi connectivity index (χ4n) is 1.54. The second kappa shape index (κ2) is 5.45. The highest BCUT2D eigenvalue weighted by molar-refractivity contribution is 7.99. The summed E-state index contributed by atoms with van der Waals surface area (Å²) in [4.78, 5) is 21.9. The van der Waals surface area contributed by atoms with Crippen molar-refractivity contribution < 1.29 is 22.9 Å². The second-order valence-electron chi connectivity index (χ2n) is 3.98. The fourth-order valence-corrected chi connectivity index (χ4v) is 2.53. The molecule has 0 aliphatic rings. The van der Waals surface area contributed by atoms with E-state index in [2.05, 4.69) is 0 Å². The van der Waals surface area contributed by atoms with Gasteiger partial charge in [0.25, 0.3) is 0 Å². The molecule has 0 saturated carbocycles. The van der Waals surface area contributed by atoms with Crippen molar-refractivity contribution in [3.63, 3.8) is 0 Å². The molecular weight excluding hydrogens is 290 g/mol. The minimum Gasteiger partial charge on any atom is -0.509 e. The van der Waals surface area contributed by atoms with Gasteiger partial charge in [0.15, 0.2) is 0 Å². The van der Waals surface area contributed by atoms with Crippen molar-refractivity contribution in [1.82, 2.24) is 0 Å². The van der Waals surface area contributed by atoms with Crippen molar-refractivity contribution in [3.05, 3.63) is 42.8 Å². The minimum absolute atomic E-state index is 0.0636. The predicted octanol–water partition coefficient (Wildman–Crippen LogP) is -0.589. The van der Waals surface area contributed by atoms with Gasteiger partial charge < -0.3 is 9.52 Å². The lowest BCUT2D eigenvalue weighted by molar-refractivity contribution is -0.370. The largest absolute Gasteiger partial charge is 0.509 e. The lowest BCUT2D eigenvalue weighted by Gasteiger charge is -1.99. The summed E-state index contributed by atoms with van der Waals surface area (Å²) in [6, 6.07) is 0.972. The molecule has 0 atom stereocenters. The van der Waals surface area contributed by atoms with Gasteiger partial charge in [-0.3, -0.25) is 14.9 Å². The molecule has 1 rings (SSSR count). The molecule has 9 heteroatoms. The van der Waals surface area contributed by atoms with E-state index >= 15 is 0 Å². The zero-order valence-electron chi connectivity index (χ0n) is 11.0. The third-order valence-electron chi connectivity index (χ3n) is 2.46. The summed E-state index contributed by atoms with van der Waals surface area (Å²) in [7, 11) is -4.21. The Morgan fingerprint density at radius 1 is 1.50 bits per heavy atom. The first-order valence-electron chi connectivity index (χ1n) is 5.54. The Balaban J connectivity index is 4.23. The summed E-state index contributed by atoms with van der Waals surface area (Å²) < 4.78 is 28.5. The number of nitro groups is 1. The van der Waals surface area contributed by atoms with Crippen LogP contribution < -0.4 is 16.1 Å². The van der Waals surface area contributed by atoms with E-state index in [9.17, 15) is 28.4 Å². The first-order chi connectivity index (χ1) is 9.11. The smallest absolute Gasteiger partial charge is 0.370 e. The van der Waals surface area contributed by atoms with E-state index in [0.29, 0.717) is 0 Å². The van der Waals surface area contributed by atoms with Crippen molar-refractivity contribution in [1.29, 1.82) is 0 Å². The highest BCUT2D eigenvalue weighted by Crippen LogP contribution is 2.07. The van der Waals surface area contributed by atoms with Gasteiger partial charge in [0.05, 0.1) is 10.7 Å². The molecule has 0 saturated heterocycles. The van der Waals surface area contributed by atoms with E-state index in [1.54, 1.807) is 0 Å². The Morgan fingerprint density at radius 3 is 2.45 bits per heavy atom. The van der Waals surface area contributed by atoms with Crippen LogP contribution >= 0.6 is 0 Å². The third kappa shape index (κ3) is 2.87. The number of aliphatic hydroxyl groups is 1. The molecule has 20 heavy (non-hydrogen) atoms. The van der Waals surface area contributed by atoms with Crippen LogP contribution in [0.3, 0.4) is 0 Å². The summed E-state index contributed by atoms with van der Waals surface area (Å²) in [5, 5.41) is 18.5. The molecule has 8 nitrogen and oxygen atoms in total. The Hall–Kier alpha value is -2.16. The number of sulfone groups is 1. The molecule has 0 spiro atoms. The van der Waals surface area contributed by atoms with Gasteiger partial charge in [-0.2, -0.15) is 0 Å². The van der Waals surface area contributed by atoms with E-state index in [0.717, 1.165) is 13.0 Å². The molecule has 0 unspecified atom stereocenters. The molecule has 0 bridgehead atoms. The molecule has 0 fully saturated rings. The zero-order chi connectivity index (χ0) is 15.7. The number of rotatable bonds is 3. The van der Waals surface area contributed by atoms with Crippen LogP contribution in [-0.2, 0) is 9.84 Å². The molecule has 0 aromatic carbocycles. The maximum absolute atomic E-state index is 12.0. The van der Waals surface area contributed by atoms with Crippen molar-refractivity contribution in [2.24, 2.45) is 0 Å². The summed E-state index contributed by atoms with van der Waals surface area (Å²) in [5.74, 6) is -0.949. The summed E-state index contributed by atoms with van der Waals surface area (Å²) in [6.45, 7) is 3.77. The highest BCUT2D eigenvalue weighted by Gasteiger charge is 2.30. The molecule has 1 aromatic heterocycles. The van der Waals surface area contributed by atoms with Crippen LogP contribution in [0, 0.1) is 17.0 Å². The maximum Gasteiger partial charge on any atom is 0.370 e. The molecule has 1 aromatic rings. The van der Waals surface area contributed by atoms with E-state index in [-0.39, 0.29) is 5.76 Å². The van der Waals surface area contributed by atoms with Crippen LogP contribution in [0.15, 0.2) is 15.3 Å². The normalized spacial score (nSPS) is 14.8. The monoisotopic (exact) mass is 303 g/mol. The van der Waals surface area contributed by atoms with E-state index in [1.807, 2.05) is 0 Å². The molecule has 1 N–H and O–H groups in total. The average molecular weight is 303 g/mol. The molecule has 0 radical (unpaired) electrons. The van der Waals surface area contributed by atoms with Crippen molar-refractivity contribution >= 4 is 20.6 Å². The van der Waals surface area contributed by atoms with E-state index in [4.69, 9.17) is 4.42 Å². The lowest BCUT2D eigenvalue weighted by atomic mass is 10.3. The topological polar surface area (TPSA) is 128 Å². The number of nitrogens with zero attached hydrogens (tertiary/aromatic N) is 1. The Bertz CT molecular complexity index is 829. The Morgan fingerprint density at radius 2 is 2.05 bits per heavy atom. The van der Waals surface area contributed by atoms with Crippen LogP contribution in [0.25, 0.3) is 10.8 Å². The van der Waals surface area contributed by atoms with Crippen LogP contribution in [0.1, 0.15) is 19.6 Å². The Kier molecular flexibility index (Phi) is 4.33. The highest BCUT2D eigenvalue weighted by atomic mass is 32.2. The van der Waals surface area contributed by atoms with Gasteiger partial charge in [0.1, 0.15) is 16.7 Å². The van der Waals surface area contributed by atoms with Crippen LogP contribution in [0.2, 0.25) is 0 Å². The van der Waals surface area contributed by atoms with Gasteiger partial charge in [0.2, 0.25) is 20.7 Å². The van der Waals surface area contributed by atoms with E-state index < -0.39 is 47.4 Å². The number of aliphatic hydroxyl groups excluding tert-OH is 1. The van der Waals surface area contributed by atoms with Gasteiger partial charge in [-0.05, 0) is 19.9 Å². The maximum atomic E-state index is 12.0. The first-order valence-corrected chi connectivity index (χ1v) is 7.19. The minimum atomic E-state index is -4.21. The fraction of sp³-hybridized carbons (Fsp3) is 0.364. The van der Waals surface area contributed by atoms with E-state index in [1.165, 1.54) is 13.8 Å². The predicted molar refractivity (Wildman–Crippen MR) is 70.5 cm³/mol. The second-order valence-corrected chi connectivity index (χ2v) is 6.17. The summed E-state index contributed by atoms with van der Waals surface area (Å²) in [6.07, 6.45) is 0. The lowest BCUT2D eigenvalue weighted by Crippen LogP contribution is -2.43. The van der Waals surface area contributed by atoms with Crippen molar-refractivity contribution in [2.45, 2.75) is 20.8 Å². The molecular formula is C11H13NO7S. The van der Waals surface area contributed by atoms with Crippen LogP contribution in [-0.4, -0.2) is 24.2 Å². The van der Waals surface area contributed by atoms with Crippen LogP contribution in [0.4, 0.5) is 0 Å². The number of hydrogen-bond acceptors (Lipinski definition) is 7. The average Bonchev–Trinajstić information content (AvgIpc) is 2.32.